The summed E-state index contributed by atoms with van der Waals surface area (Å²) in [6, 6.07) is 22.2. The van der Waals surface area contributed by atoms with Gasteiger partial charge in [0.05, 0.1) is 28.5 Å². The van der Waals surface area contributed by atoms with Gasteiger partial charge >= 0.3 is 5.97 Å². The minimum absolute atomic E-state index is 0.219. The van der Waals surface area contributed by atoms with E-state index in [-0.39, 0.29) is 12.2 Å². The summed E-state index contributed by atoms with van der Waals surface area (Å²) in [5, 5.41) is 0.660. The summed E-state index contributed by atoms with van der Waals surface area (Å²) in [6.07, 6.45) is 1.83. The summed E-state index contributed by atoms with van der Waals surface area (Å²) in [5.74, 6) is 0.219. The highest BCUT2D eigenvalue weighted by molar-refractivity contribution is 7.07. The van der Waals surface area contributed by atoms with Crippen molar-refractivity contribution in [1.29, 1.82) is 0 Å². The number of ether oxygens (including phenoxy) is 2. The molecule has 1 atom stereocenters. The van der Waals surface area contributed by atoms with Crippen molar-refractivity contribution in [1.82, 2.24) is 4.57 Å². The lowest BCUT2D eigenvalue weighted by atomic mass is 9.95. The first kappa shape index (κ1) is 28.4. The number of hydrogen-bond donors (Lipinski definition) is 0. The van der Waals surface area contributed by atoms with Crippen molar-refractivity contribution in [3.8, 4) is 5.75 Å². The number of carbonyl (C=O) groups excluding carboxylic acids is 1. The number of allylic oxidation sites excluding steroid dienone is 1. The number of benzene rings is 3. The highest BCUT2D eigenvalue weighted by Gasteiger charge is 2.33. The monoisotopic (exact) mass is 587 g/mol. The second kappa shape index (κ2) is 12.2. The van der Waals surface area contributed by atoms with Crippen LogP contribution in [0.2, 0.25) is 5.02 Å². The van der Waals surface area contributed by atoms with E-state index in [4.69, 9.17) is 21.1 Å². The Labute approximate surface area is 247 Å². The van der Waals surface area contributed by atoms with Gasteiger partial charge in [0.15, 0.2) is 4.80 Å². The molecule has 2 heterocycles. The molecule has 41 heavy (non-hydrogen) atoms. The zero-order valence-electron chi connectivity index (χ0n) is 23.3. The van der Waals surface area contributed by atoms with E-state index in [1.807, 2.05) is 97.9 Å². The molecule has 5 rings (SSSR count). The second-order valence-electron chi connectivity index (χ2n) is 9.74. The molecular weight excluding hydrogens is 558 g/mol. The first-order valence-corrected chi connectivity index (χ1v) is 14.4. The SMILES string of the molecule is CCOC(=O)C1=C(C)N=c2s/c(=C/c3ccc(OCc4ccccc4Cl)cc3)c(=O)n2[C@@H]1c1ccc(N(C)C)cc1. The Balaban J connectivity index is 1.50. The normalized spacial score (nSPS) is 14.9. The second-order valence-corrected chi connectivity index (χ2v) is 11.2. The van der Waals surface area contributed by atoms with Crippen LogP contribution in [0.1, 0.15) is 36.6 Å². The van der Waals surface area contributed by atoms with E-state index in [9.17, 15) is 9.59 Å². The fraction of sp³-hybridized carbons (Fsp3) is 0.219. The maximum absolute atomic E-state index is 13.8. The third-order valence-electron chi connectivity index (χ3n) is 6.77. The fourth-order valence-corrected chi connectivity index (χ4v) is 5.89. The van der Waals surface area contributed by atoms with Crippen LogP contribution in [0.5, 0.6) is 5.75 Å². The lowest BCUT2D eigenvalue weighted by molar-refractivity contribution is -0.139. The highest BCUT2D eigenvalue weighted by atomic mass is 35.5. The zero-order valence-corrected chi connectivity index (χ0v) is 24.8. The Hall–Kier alpha value is -4.14. The Morgan fingerprint density at radius 1 is 1.07 bits per heavy atom. The maximum Gasteiger partial charge on any atom is 0.338 e. The number of carbonyl (C=O) groups is 1. The van der Waals surface area contributed by atoms with Crippen molar-refractivity contribution in [3.63, 3.8) is 0 Å². The van der Waals surface area contributed by atoms with Gasteiger partial charge in [-0.15, -0.1) is 0 Å². The van der Waals surface area contributed by atoms with E-state index >= 15 is 0 Å². The van der Waals surface area contributed by atoms with Crippen LogP contribution in [-0.2, 0) is 16.1 Å². The smallest absolute Gasteiger partial charge is 0.338 e. The van der Waals surface area contributed by atoms with Gasteiger partial charge in [-0.1, -0.05) is 65.4 Å². The number of anilines is 1. The molecule has 0 saturated heterocycles. The van der Waals surface area contributed by atoms with Gasteiger partial charge in [-0.2, -0.15) is 0 Å². The Morgan fingerprint density at radius 3 is 2.44 bits per heavy atom. The van der Waals surface area contributed by atoms with Crippen LogP contribution in [0.3, 0.4) is 0 Å². The summed E-state index contributed by atoms with van der Waals surface area (Å²) in [6.45, 7) is 4.13. The predicted octanol–water partition coefficient (Wildman–Crippen LogP) is 5.10. The first-order chi connectivity index (χ1) is 19.8. The summed E-state index contributed by atoms with van der Waals surface area (Å²) >= 11 is 7.53. The van der Waals surface area contributed by atoms with Crippen molar-refractivity contribution in [3.05, 3.63) is 125 Å². The van der Waals surface area contributed by atoms with Gasteiger partial charge in [-0.3, -0.25) is 9.36 Å². The van der Waals surface area contributed by atoms with E-state index in [2.05, 4.69) is 4.99 Å². The molecule has 1 aliphatic heterocycles. The molecule has 0 bridgehead atoms. The molecule has 210 valence electrons. The van der Waals surface area contributed by atoms with E-state index < -0.39 is 12.0 Å². The lowest BCUT2D eigenvalue weighted by Gasteiger charge is -2.25. The Bertz CT molecular complexity index is 1790. The molecule has 0 radical (unpaired) electrons. The number of esters is 1. The summed E-state index contributed by atoms with van der Waals surface area (Å²) < 4.78 is 13.4. The molecule has 7 nitrogen and oxygen atoms in total. The first-order valence-electron chi connectivity index (χ1n) is 13.2. The number of thiazole rings is 1. The highest BCUT2D eigenvalue weighted by Crippen LogP contribution is 2.31. The summed E-state index contributed by atoms with van der Waals surface area (Å²) in [7, 11) is 3.92. The summed E-state index contributed by atoms with van der Waals surface area (Å²) in [4.78, 5) is 34.1. The Morgan fingerprint density at radius 2 is 1.78 bits per heavy atom. The van der Waals surface area contributed by atoms with Gasteiger partial charge in [0, 0.05) is 30.4 Å². The van der Waals surface area contributed by atoms with Crippen LogP contribution < -0.4 is 24.5 Å². The minimum Gasteiger partial charge on any atom is -0.489 e. The standard InChI is InChI=1S/C32H30ClN3O4S/c1-5-39-31(38)28-20(2)34-32-36(29(28)22-12-14-24(15-13-22)35(3)4)30(37)27(41-32)18-21-10-16-25(17-11-21)40-19-23-8-6-7-9-26(23)33/h6-18,29H,5,19H2,1-4H3/b27-18+/t29-/m1/s1. The van der Waals surface area contributed by atoms with Crippen LogP contribution in [0, 0.1) is 0 Å². The number of aromatic nitrogens is 1. The lowest BCUT2D eigenvalue weighted by Crippen LogP contribution is -2.39. The van der Waals surface area contributed by atoms with Gasteiger partial charge in [0.2, 0.25) is 0 Å². The van der Waals surface area contributed by atoms with Crippen LogP contribution >= 0.6 is 22.9 Å². The average molecular weight is 588 g/mol. The molecule has 4 aromatic rings. The van der Waals surface area contributed by atoms with Gasteiger partial charge in [0.25, 0.3) is 5.56 Å². The number of halogens is 1. The fourth-order valence-electron chi connectivity index (χ4n) is 4.65. The molecule has 0 fully saturated rings. The molecule has 0 unspecified atom stereocenters. The predicted molar refractivity (Wildman–Crippen MR) is 163 cm³/mol. The van der Waals surface area contributed by atoms with Crippen molar-refractivity contribution < 1.29 is 14.3 Å². The number of rotatable bonds is 8. The molecule has 3 aromatic carbocycles. The van der Waals surface area contributed by atoms with Crippen molar-refractivity contribution in [2.45, 2.75) is 26.5 Å². The van der Waals surface area contributed by atoms with Crippen LogP contribution in [-0.4, -0.2) is 31.2 Å². The van der Waals surface area contributed by atoms with Crippen LogP contribution in [0.25, 0.3) is 6.08 Å². The third kappa shape index (κ3) is 5.99. The molecule has 0 saturated carbocycles. The van der Waals surface area contributed by atoms with E-state index in [0.29, 0.717) is 38.0 Å². The Kier molecular flexibility index (Phi) is 8.42. The van der Waals surface area contributed by atoms with Gasteiger partial charge < -0.3 is 14.4 Å². The molecule has 0 spiro atoms. The zero-order chi connectivity index (χ0) is 29.1. The molecule has 1 aliphatic rings. The minimum atomic E-state index is -0.649. The van der Waals surface area contributed by atoms with Gasteiger partial charge in [0.1, 0.15) is 12.4 Å². The molecule has 0 amide bonds. The molecule has 0 aliphatic carbocycles. The topological polar surface area (TPSA) is 73.1 Å². The van der Waals surface area contributed by atoms with E-state index in [1.165, 1.54) is 11.3 Å². The van der Waals surface area contributed by atoms with E-state index in [1.54, 1.807) is 18.4 Å². The number of hydrogen-bond acceptors (Lipinski definition) is 7. The summed E-state index contributed by atoms with van der Waals surface area (Å²) in [5.41, 5.74) is 4.25. The maximum atomic E-state index is 13.8. The average Bonchev–Trinajstić information content (AvgIpc) is 3.26. The molecular formula is C32H30ClN3O4S. The third-order valence-corrected chi connectivity index (χ3v) is 8.12. The van der Waals surface area contributed by atoms with Gasteiger partial charge in [-0.05, 0) is 61.4 Å². The van der Waals surface area contributed by atoms with Crippen LogP contribution in [0.4, 0.5) is 5.69 Å². The molecule has 1 aromatic heterocycles. The van der Waals surface area contributed by atoms with Crippen LogP contribution in [0.15, 0.2) is 93.9 Å². The molecule has 0 N–H and O–H groups in total. The van der Waals surface area contributed by atoms with Crippen molar-refractivity contribution in [2.24, 2.45) is 4.99 Å². The van der Waals surface area contributed by atoms with E-state index in [0.717, 1.165) is 22.4 Å². The molecule has 9 heteroatoms. The van der Waals surface area contributed by atoms with Crippen molar-refractivity contribution in [2.75, 3.05) is 25.6 Å². The number of nitrogens with zero attached hydrogens (tertiary/aromatic N) is 3. The number of fused-ring (bicyclic) bond motifs is 1. The largest absolute Gasteiger partial charge is 0.489 e. The van der Waals surface area contributed by atoms with Gasteiger partial charge in [-0.25, -0.2) is 9.79 Å². The quantitative estimate of drug-likeness (QED) is 0.268. The van der Waals surface area contributed by atoms with Crippen molar-refractivity contribution >= 4 is 40.7 Å².